The third kappa shape index (κ3) is 5.22. The predicted octanol–water partition coefficient (Wildman–Crippen LogP) is 4.44. The Morgan fingerprint density at radius 2 is 1.94 bits per heavy atom. The average Bonchev–Trinajstić information content (AvgIpc) is 2.77. The maximum absolute atomic E-state index is 3.67. The molecule has 0 saturated carbocycles. The molecule has 0 aliphatic carbocycles. The van der Waals surface area contributed by atoms with E-state index in [9.17, 15) is 0 Å². The van der Waals surface area contributed by atoms with Crippen LogP contribution in [0, 0.1) is 5.92 Å². The third-order valence-electron chi connectivity index (χ3n) is 3.26. The van der Waals surface area contributed by atoms with Crippen LogP contribution in [0.25, 0.3) is 0 Å². The summed E-state index contributed by atoms with van der Waals surface area (Å²) in [5.74, 6) is 0.810. The van der Waals surface area contributed by atoms with E-state index in [0.717, 1.165) is 12.5 Å². The fourth-order valence-electron chi connectivity index (χ4n) is 1.87. The van der Waals surface area contributed by atoms with Gasteiger partial charge in [-0.3, -0.25) is 0 Å². The van der Waals surface area contributed by atoms with E-state index < -0.39 is 0 Å². The van der Waals surface area contributed by atoms with Gasteiger partial charge in [0.2, 0.25) is 0 Å². The predicted molar refractivity (Wildman–Crippen MR) is 78.9 cm³/mol. The summed E-state index contributed by atoms with van der Waals surface area (Å²) >= 11 is 1.86. The summed E-state index contributed by atoms with van der Waals surface area (Å²) < 4.78 is 0. The van der Waals surface area contributed by atoms with E-state index in [0.29, 0.717) is 6.04 Å². The van der Waals surface area contributed by atoms with Gasteiger partial charge >= 0.3 is 0 Å². The van der Waals surface area contributed by atoms with E-state index in [2.05, 4.69) is 57.4 Å². The van der Waals surface area contributed by atoms with Crippen LogP contribution in [-0.2, 0) is 5.41 Å². The molecule has 0 amide bonds. The second-order valence-electron chi connectivity index (χ2n) is 6.11. The highest BCUT2D eigenvalue weighted by molar-refractivity contribution is 7.10. The fourth-order valence-corrected chi connectivity index (χ4v) is 2.72. The van der Waals surface area contributed by atoms with Crippen LogP contribution in [0.1, 0.15) is 52.3 Å². The lowest BCUT2D eigenvalue weighted by Crippen LogP contribution is -2.37. The molecule has 1 atom stereocenters. The van der Waals surface area contributed by atoms with Crippen molar-refractivity contribution in [1.82, 2.24) is 5.32 Å². The van der Waals surface area contributed by atoms with Gasteiger partial charge < -0.3 is 5.32 Å². The summed E-state index contributed by atoms with van der Waals surface area (Å²) in [5, 5.41) is 5.84. The fraction of sp³-hybridized carbons (Fsp3) is 0.733. The third-order valence-corrected chi connectivity index (χ3v) is 4.49. The Hall–Kier alpha value is -0.340. The smallest absolute Gasteiger partial charge is 0.0115 e. The second kappa shape index (κ2) is 6.55. The highest BCUT2D eigenvalue weighted by Crippen LogP contribution is 2.26. The van der Waals surface area contributed by atoms with Gasteiger partial charge in [0.1, 0.15) is 0 Å². The SMILES string of the molecule is CC(C)CCC(C)NCC(C)(C)c1cccs1. The van der Waals surface area contributed by atoms with Crippen molar-refractivity contribution in [2.75, 3.05) is 6.54 Å². The molecule has 0 aromatic carbocycles. The number of hydrogen-bond acceptors (Lipinski definition) is 2. The summed E-state index contributed by atoms with van der Waals surface area (Å²) in [6.45, 7) is 12.6. The largest absolute Gasteiger partial charge is 0.313 e. The maximum Gasteiger partial charge on any atom is 0.0115 e. The van der Waals surface area contributed by atoms with E-state index in [1.165, 1.54) is 17.7 Å². The molecule has 98 valence electrons. The van der Waals surface area contributed by atoms with E-state index in [1.807, 2.05) is 11.3 Å². The lowest BCUT2D eigenvalue weighted by molar-refractivity contribution is 0.399. The number of nitrogens with one attached hydrogen (secondary N) is 1. The van der Waals surface area contributed by atoms with Crippen molar-refractivity contribution in [2.45, 2.75) is 58.9 Å². The van der Waals surface area contributed by atoms with Gasteiger partial charge in [0, 0.05) is 22.9 Å². The van der Waals surface area contributed by atoms with E-state index in [-0.39, 0.29) is 5.41 Å². The highest BCUT2D eigenvalue weighted by Gasteiger charge is 2.21. The van der Waals surface area contributed by atoms with Gasteiger partial charge in [-0.1, -0.05) is 33.8 Å². The Bertz CT molecular complexity index is 301. The zero-order chi connectivity index (χ0) is 12.9. The first-order valence-corrected chi connectivity index (χ1v) is 7.57. The zero-order valence-corrected chi connectivity index (χ0v) is 12.7. The molecule has 0 fully saturated rings. The lowest BCUT2D eigenvalue weighted by Gasteiger charge is -2.26. The maximum atomic E-state index is 3.67. The van der Waals surface area contributed by atoms with E-state index in [4.69, 9.17) is 0 Å². The molecule has 1 heterocycles. The first-order valence-electron chi connectivity index (χ1n) is 6.69. The summed E-state index contributed by atoms with van der Waals surface area (Å²) in [6, 6.07) is 5.01. The Morgan fingerprint density at radius 1 is 1.24 bits per heavy atom. The van der Waals surface area contributed by atoms with Crippen LogP contribution in [0.4, 0.5) is 0 Å². The number of thiophene rings is 1. The molecule has 1 aromatic heterocycles. The molecule has 0 aliphatic heterocycles. The second-order valence-corrected chi connectivity index (χ2v) is 7.06. The highest BCUT2D eigenvalue weighted by atomic mass is 32.1. The molecule has 2 heteroatoms. The van der Waals surface area contributed by atoms with Gasteiger partial charge in [0.25, 0.3) is 0 Å². The summed E-state index contributed by atoms with van der Waals surface area (Å²) in [4.78, 5) is 1.47. The quantitative estimate of drug-likeness (QED) is 0.757. The van der Waals surface area contributed by atoms with Crippen molar-refractivity contribution in [2.24, 2.45) is 5.92 Å². The van der Waals surface area contributed by atoms with Crippen molar-refractivity contribution in [1.29, 1.82) is 0 Å². The van der Waals surface area contributed by atoms with Gasteiger partial charge in [-0.05, 0) is 37.1 Å². The molecular formula is C15H27NS. The minimum atomic E-state index is 0.250. The van der Waals surface area contributed by atoms with Gasteiger partial charge in [-0.15, -0.1) is 11.3 Å². The van der Waals surface area contributed by atoms with E-state index >= 15 is 0 Å². The molecule has 0 spiro atoms. The topological polar surface area (TPSA) is 12.0 Å². The number of hydrogen-bond donors (Lipinski definition) is 1. The van der Waals surface area contributed by atoms with Crippen LogP contribution in [0.15, 0.2) is 17.5 Å². The normalized spacial score (nSPS) is 14.2. The van der Waals surface area contributed by atoms with Crippen molar-refractivity contribution >= 4 is 11.3 Å². The Kier molecular flexibility index (Phi) is 5.68. The molecule has 0 bridgehead atoms. The molecule has 1 rings (SSSR count). The minimum absolute atomic E-state index is 0.250. The molecule has 0 aliphatic rings. The molecule has 1 nitrogen and oxygen atoms in total. The van der Waals surface area contributed by atoms with Gasteiger partial charge in [-0.25, -0.2) is 0 Å². The molecule has 1 N–H and O–H groups in total. The van der Waals surface area contributed by atoms with Gasteiger partial charge in [0.05, 0.1) is 0 Å². The Labute approximate surface area is 111 Å². The molecular weight excluding hydrogens is 226 g/mol. The van der Waals surface area contributed by atoms with Crippen molar-refractivity contribution in [3.05, 3.63) is 22.4 Å². The van der Waals surface area contributed by atoms with Crippen LogP contribution in [-0.4, -0.2) is 12.6 Å². The minimum Gasteiger partial charge on any atom is -0.313 e. The first kappa shape index (κ1) is 14.7. The average molecular weight is 253 g/mol. The first-order chi connectivity index (χ1) is 7.92. The lowest BCUT2D eigenvalue weighted by atomic mass is 9.91. The summed E-state index contributed by atoms with van der Waals surface area (Å²) in [7, 11) is 0. The molecule has 0 saturated heterocycles. The molecule has 0 radical (unpaired) electrons. The van der Waals surface area contributed by atoms with Gasteiger partial charge in [-0.2, -0.15) is 0 Å². The van der Waals surface area contributed by atoms with Crippen LogP contribution < -0.4 is 5.32 Å². The van der Waals surface area contributed by atoms with Crippen molar-refractivity contribution in [3.8, 4) is 0 Å². The molecule has 1 aromatic rings. The summed E-state index contributed by atoms with van der Waals surface area (Å²) in [5.41, 5.74) is 0.250. The monoisotopic (exact) mass is 253 g/mol. The van der Waals surface area contributed by atoms with E-state index in [1.54, 1.807) is 0 Å². The van der Waals surface area contributed by atoms with Crippen LogP contribution in [0.2, 0.25) is 0 Å². The summed E-state index contributed by atoms with van der Waals surface area (Å²) in [6.07, 6.45) is 2.59. The standard InChI is InChI=1S/C15H27NS/c1-12(2)8-9-13(3)16-11-15(4,5)14-7-6-10-17-14/h6-7,10,12-13,16H,8-9,11H2,1-5H3. The van der Waals surface area contributed by atoms with Crippen LogP contribution in [0.5, 0.6) is 0 Å². The molecule has 1 unspecified atom stereocenters. The number of rotatable bonds is 7. The molecule has 17 heavy (non-hydrogen) atoms. The Balaban J connectivity index is 2.34. The zero-order valence-electron chi connectivity index (χ0n) is 11.9. The van der Waals surface area contributed by atoms with Crippen molar-refractivity contribution in [3.63, 3.8) is 0 Å². The van der Waals surface area contributed by atoms with Gasteiger partial charge in [0.15, 0.2) is 0 Å². The van der Waals surface area contributed by atoms with Crippen LogP contribution in [0.3, 0.4) is 0 Å². The Morgan fingerprint density at radius 3 is 2.47 bits per heavy atom. The van der Waals surface area contributed by atoms with Crippen molar-refractivity contribution < 1.29 is 0 Å². The van der Waals surface area contributed by atoms with Crippen LogP contribution >= 0.6 is 11.3 Å².